The Morgan fingerprint density at radius 3 is 1.42 bits per heavy atom. The Morgan fingerprint density at radius 1 is 0.462 bits per heavy atom. The number of carbonyl (C=O) groups excluding carboxylic acids is 18. The van der Waals surface area contributed by atoms with Gasteiger partial charge in [0, 0.05) is 72.8 Å². The molecule has 50 heteroatoms. The molecular weight excluding hydrogens is 1740 g/mol. The van der Waals surface area contributed by atoms with Gasteiger partial charge >= 0.3 is 23.9 Å². The number of hydrogen-bond acceptors (Lipinski definition) is 27. The lowest BCUT2D eigenvalue weighted by atomic mass is 9.77. The molecule has 4 aromatic rings. The van der Waals surface area contributed by atoms with Crippen molar-refractivity contribution in [3.8, 4) is 23.0 Å². The number of amides is 17. The Morgan fingerprint density at radius 2 is 0.909 bits per heavy atom. The van der Waals surface area contributed by atoms with Crippen LogP contribution in [0, 0.1) is 17.2 Å². The molecule has 50 nitrogen and oxygen atoms in total. The fourth-order valence-corrected chi connectivity index (χ4v) is 13.4. The predicted molar refractivity (Wildman–Crippen MR) is 456 cm³/mol. The first-order chi connectivity index (χ1) is 62.0. The molecule has 29 N–H and O–H groups in total. The number of nitrogens with two attached hydrogens (primary N) is 3. The van der Waals surface area contributed by atoms with Gasteiger partial charge in [-0.3, -0.25) is 96.5 Å². The van der Waals surface area contributed by atoms with Crippen LogP contribution in [0.25, 0.3) is 0 Å². The molecule has 14 atom stereocenters. The lowest BCUT2D eigenvalue weighted by Crippen LogP contribution is -2.61. The summed E-state index contributed by atoms with van der Waals surface area (Å²) >= 11 is 0. The van der Waals surface area contributed by atoms with Gasteiger partial charge in [-0.2, -0.15) is 0 Å². The number of nitrogens with zero attached hydrogens (tertiary/aromatic N) is 1. The van der Waals surface area contributed by atoms with Crippen molar-refractivity contribution >= 4 is 130 Å². The first kappa shape index (κ1) is 105. The number of imidazole rings is 1. The first-order valence-corrected chi connectivity index (χ1v) is 41.5. The largest absolute Gasteiger partial charge is 0.508 e. The Bertz CT molecular complexity index is 4990. The molecule has 0 unspecified atom stereocenters. The van der Waals surface area contributed by atoms with Crippen molar-refractivity contribution < 1.29 is 136 Å². The van der Waals surface area contributed by atoms with E-state index in [1.165, 1.54) is 109 Å². The van der Waals surface area contributed by atoms with Crippen LogP contribution in [0.1, 0.15) is 170 Å². The van der Waals surface area contributed by atoms with Crippen LogP contribution in [0.4, 0.5) is 0 Å². The summed E-state index contributed by atoms with van der Waals surface area (Å²) in [7, 11) is 0. The third-order valence-corrected chi connectivity index (χ3v) is 20.8. The van der Waals surface area contributed by atoms with E-state index in [1.54, 1.807) is 6.92 Å². The van der Waals surface area contributed by atoms with Crippen molar-refractivity contribution in [2.24, 2.45) is 29.0 Å². The van der Waals surface area contributed by atoms with Gasteiger partial charge < -0.3 is 142 Å². The average Bonchev–Trinajstić information content (AvgIpc) is 1.50. The van der Waals surface area contributed by atoms with Gasteiger partial charge in [-0.05, 0) is 115 Å². The molecular formula is C82H110N22O28. The second-order valence-electron chi connectivity index (χ2n) is 31.6. The molecule has 716 valence electrons. The second-order valence-corrected chi connectivity index (χ2v) is 31.6. The molecule has 0 aliphatic carbocycles. The van der Waals surface area contributed by atoms with Crippen LogP contribution in [0.5, 0.6) is 23.0 Å². The van der Waals surface area contributed by atoms with Gasteiger partial charge in [-0.25, -0.2) is 14.6 Å². The molecule has 0 fully saturated rings. The Kier molecular flexibility index (Phi) is 38.7. The van der Waals surface area contributed by atoms with E-state index in [2.05, 4.69) is 95.0 Å². The van der Waals surface area contributed by atoms with Crippen LogP contribution in [-0.2, 0) is 108 Å². The minimum absolute atomic E-state index is 0.0742. The summed E-state index contributed by atoms with van der Waals surface area (Å²) in [6.07, 6.45) is -2.32. The second kappa shape index (κ2) is 48.5. The zero-order chi connectivity index (χ0) is 98.5. The number of phenols is 2. The zero-order valence-corrected chi connectivity index (χ0v) is 73.2. The maximum Gasteiger partial charge on any atom is 0.340 e. The highest BCUT2D eigenvalue weighted by Gasteiger charge is 2.54. The number of nitrogens with one attached hydrogen (secondary N) is 18. The summed E-state index contributed by atoms with van der Waals surface area (Å²) < 4.78 is 12.1. The lowest BCUT2D eigenvalue weighted by Gasteiger charge is -2.36. The number of carbonyl (C=O) groups is 21. The summed E-state index contributed by atoms with van der Waals surface area (Å²) in [5.41, 5.74) is 15.2. The molecule has 2 aliphatic rings. The number of aromatic nitrogens is 2. The molecule has 0 radical (unpaired) electrons. The Balaban J connectivity index is 1.02. The van der Waals surface area contributed by atoms with Crippen LogP contribution in [0.3, 0.4) is 0 Å². The summed E-state index contributed by atoms with van der Waals surface area (Å²) in [4.78, 5) is 286. The van der Waals surface area contributed by atoms with Gasteiger partial charge in [0.05, 0.1) is 37.1 Å². The average molecular weight is 1850 g/mol. The highest BCUT2D eigenvalue weighted by molar-refractivity contribution is 6.05. The lowest BCUT2D eigenvalue weighted by molar-refractivity contribution is -0.142. The number of benzene rings is 3. The van der Waals surface area contributed by atoms with Gasteiger partial charge in [-0.15, -0.1) is 0 Å². The number of phenolic OH excluding ortho intramolecular Hbond substituents is 2. The molecule has 0 saturated heterocycles. The van der Waals surface area contributed by atoms with Crippen LogP contribution in [0.15, 0.2) is 67.1 Å². The van der Waals surface area contributed by atoms with E-state index in [-0.39, 0.29) is 90.0 Å². The van der Waals surface area contributed by atoms with Crippen LogP contribution in [0.2, 0.25) is 0 Å². The highest BCUT2D eigenvalue weighted by atomic mass is 16.6. The number of H-pyrrole nitrogens is 1. The molecule has 3 heterocycles. The number of carboxylic acids is 3. The van der Waals surface area contributed by atoms with E-state index in [4.69, 9.17) is 32.1 Å². The number of carboxylic acid groups (broad SMARTS) is 3. The number of rotatable bonds is 51. The maximum absolute atomic E-state index is 14.2. The maximum atomic E-state index is 14.2. The van der Waals surface area contributed by atoms with E-state index >= 15 is 0 Å². The van der Waals surface area contributed by atoms with Crippen molar-refractivity contribution in [2.45, 2.75) is 217 Å². The van der Waals surface area contributed by atoms with Gasteiger partial charge in [-0.1, -0.05) is 40.2 Å². The van der Waals surface area contributed by atoms with Crippen molar-refractivity contribution in [2.75, 3.05) is 19.6 Å². The summed E-state index contributed by atoms with van der Waals surface area (Å²) in [6, 6.07) is -8.47. The van der Waals surface area contributed by atoms with Crippen LogP contribution in [-0.4, -0.2) is 264 Å². The number of guanidine groups is 1. The number of primary amides is 2. The number of fused-ring (bicyclic) bond motifs is 6. The standard InChI is InChI=1S/C82H110N22O28/c1-10-36(4)65(78(127)102-55(30-59(84)108)76(125)100-51(20-23-62(111)112)73(122)94-37(5)66(115)89-33-61(110)97-53(79(128)129)12-11-25-88-81(85)86)104-74(123)52(21-24-63(113)114)98-68(117)40(8)96-75(124)54(27-43-31-87-34-91-43)101-69(118)39(7)93-67(116)38(6)92-60(109)32-90-77(126)64(35(2)3)103-70(119)41(9)95-72(121)50(19-22-58(83)107)99-71(120)42-13-16-47-46(26-42)80(130)132-82(47)48-17-14-44(105)28-56(48)131-57-29-45(106)15-18-49(57)82/h13-18,26,28-29,31,34-41,50-55,64-65,105-106H,10-12,19-25,27,30,32-33H2,1-9H3,(H2,83,107)(H2,84,108)(H,87,91)(H,89,115)(H,90,126)(H,92,109)(H,93,116)(H,94,122)(H,95,121)(H,96,124)(H,97,110)(H,98,117)(H,99,120)(H,100,125)(H,101,118)(H,102,127)(H,103,119)(H,104,123)(H,111,112)(H,113,114)(H,128,129)(H4,85,86,88)/t36-,37-,38-,39-,40-,41-,50-,51-,52-,53-,54-,55-,64-,65-/m0/s1. The van der Waals surface area contributed by atoms with Gasteiger partial charge in [0.1, 0.15) is 102 Å². The van der Waals surface area contributed by atoms with Crippen molar-refractivity contribution in [3.63, 3.8) is 0 Å². The van der Waals surface area contributed by atoms with E-state index in [1.807, 2.05) is 0 Å². The zero-order valence-electron chi connectivity index (χ0n) is 73.2. The number of esters is 1. The normalized spacial score (nSPS) is 15.1. The molecule has 0 saturated carbocycles. The minimum Gasteiger partial charge on any atom is -0.508 e. The molecule has 0 bridgehead atoms. The fraction of sp³-hybridized carbons (Fsp3) is 0.476. The summed E-state index contributed by atoms with van der Waals surface area (Å²) in [6.45, 7) is 10.5. The number of aliphatic carboxylic acids is 3. The third-order valence-electron chi connectivity index (χ3n) is 20.8. The highest BCUT2D eigenvalue weighted by Crippen LogP contribution is 2.57. The molecule has 2 aliphatic heterocycles. The van der Waals surface area contributed by atoms with Crippen molar-refractivity contribution in [3.05, 3.63) is 101 Å². The summed E-state index contributed by atoms with van der Waals surface area (Å²) in [5, 5.41) is 94.2. The fourth-order valence-electron chi connectivity index (χ4n) is 13.4. The van der Waals surface area contributed by atoms with Crippen LogP contribution >= 0.6 is 0 Å². The first-order valence-electron chi connectivity index (χ1n) is 41.5. The molecule has 6 rings (SSSR count). The van der Waals surface area contributed by atoms with Crippen molar-refractivity contribution in [1.29, 1.82) is 5.41 Å². The van der Waals surface area contributed by atoms with Gasteiger partial charge in [0.25, 0.3) is 5.91 Å². The quantitative estimate of drug-likeness (QED) is 0.00846. The number of hydrogen-bond donors (Lipinski definition) is 26. The van der Waals surface area contributed by atoms with E-state index in [0.29, 0.717) is 11.1 Å². The predicted octanol–water partition coefficient (Wildman–Crippen LogP) is -6.20. The number of aromatic amines is 1. The smallest absolute Gasteiger partial charge is 0.340 e. The van der Waals surface area contributed by atoms with Gasteiger partial charge in [0.2, 0.25) is 94.5 Å². The Labute approximate surface area is 752 Å². The number of ether oxygens (including phenoxy) is 2. The SMILES string of the molecule is CC[C@H](C)[C@H](NC(=O)[C@H](CCC(=O)O)NC(=O)[C@H](C)NC(=O)[C@H](Cc1c[nH]cn1)NC(=O)[C@H](C)NC(=O)[C@H](C)NC(=O)CNC(=O)[C@@H](NC(=O)[C@H](C)NC(=O)[C@H](CCC(N)=O)NC(=O)c1ccc2c(c1)C(=O)OC21c2ccc(O)cc2Oc2cc(O)ccc21)C(C)C)C(=O)N[C@@H](CC(N)=O)C(=O)N[C@@H](CCC(=O)O)C(=O)N[C@@H](C)C(=O)NCC(=O)N[C@@H](CCCNC(=N)N)C(=O)O. The molecule has 1 spiro atoms. The molecule has 17 amide bonds. The molecule has 1 aromatic heterocycles. The topological polar surface area (TPSA) is 801 Å². The van der Waals surface area contributed by atoms with Gasteiger partial charge in [0.15, 0.2) is 11.6 Å². The summed E-state index contributed by atoms with van der Waals surface area (Å²) in [5.74, 6) is -25.1. The minimum atomic E-state index is -1.98. The Hall–Kier alpha value is -15.6. The van der Waals surface area contributed by atoms with E-state index < -0.39 is 272 Å². The van der Waals surface area contributed by atoms with E-state index in [0.717, 1.165) is 13.8 Å². The third kappa shape index (κ3) is 30.6. The van der Waals surface area contributed by atoms with Crippen LogP contribution < -0.4 is 107 Å². The van der Waals surface area contributed by atoms with E-state index in [9.17, 15) is 126 Å². The monoisotopic (exact) mass is 1850 g/mol. The molecule has 132 heavy (non-hydrogen) atoms. The number of aromatic hydroxyl groups is 2. The molecule has 3 aromatic carbocycles. The van der Waals surface area contributed by atoms with Crippen molar-refractivity contribution in [1.82, 2.24) is 95.0 Å².